The first kappa shape index (κ1) is 12.6. The molecule has 1 aromatic heterocycles. The summed E-state index contributed by atoms with van der Waals surface area (Å²) in [6, 6.07) is 0. The highest BCUT2D eigenvalue weighted by atomic mass is 16.5. The van der Waals surface area contributed by atoms with Crippen molar-refractivity contribution >= 4 is 11.9 Å². The number of amides is 1. The molecule has 1 aromatic rings. The van der Waals surface area contributed by atoms with Crippen molar-refractivity contribution in [2.45, 2.75) is 25.3 Å². The third-order valence-corrected chi connectivity index (χ3v) is 3.10. The number of carboxylic acid groups (broad SMARTS) is 1. The fourth-order valence-electron chi connectivity index (χ4n) is 1.91. The van der Waals surface area contributed by atoms with Crippen molar-refractivity contribution in [3.05, 3.63) is 17.5 Å². The van der Waals surface area contributed by atoms with Crippen LogP contribution in [0.5, 0.6) is 0 Å². The summed E-state index contributed by atoms with van der Waals surface area (Å²) in [6.45, 7) is 2.23. The molecule has 0 saturated carbocycles. The van der Waals surface area contributed by atoms with Gasteiger partial charge in [0.05, 0.1) is 6.20 Å². The maximum Gasteiger partial charge on any atom is 0.329 e. The standard InChI is InChI=1S/C11H14N2O5/c1-7-8(6-12-18-7)9(14)13-11(10(15)16)2-4-17-5-3-11/h6H,2-5H2,1H3,(H,13,14)(H,15,16). The fraction of sp³-hybridized carbons (Fsp3) is 0.545. The van der Waals surface area contributed by atoms with Gasteiger partial charge in [-0.15, -0.1) is 0 Å². The molecule has 1 aliphatic rings. The van der Waals surface area contributed by atoms with Gasteiger partial charge in [-0.1, -0.05) is 5.16 Å². The number of aryl methyl sites for hydroxylation is 1. The Balaban J connectivity index is 2.17. The van der Waals surface area contributed by atoms with Gasteiger partial charge < -0.3 is 19.7 Å². The number of rotatable bonds is 3. The molecule has 1 fully saturated rings. The van der Waals surface area contributed by atoms with Gasteiger partial charge in [-0.25, -0.2) is 4.79 Å². The van der Waals surface area contributed by atoms with Gasteiger partial charge in [0.25, 0.3) is 5.91 Å². The molecule has 2 heterocycles. The minimum absolute atomic E-state index is 0.248. The summed E-state index contributed by atoms with van der Waals surface area (Å²) in [6.07, 6.45) is 1.77. The Hall–Kier alpha value is -1.89. The Kier molecular flexibility index (Phi) is 3.33. The van der Waals surface area contributed by atoms with Crippen LogP contribution in [0.3, 0.4) is 0 Å². The predicted molar refractivity (Wildman–Crippen MR) is 59.1 cm³/mol. The van der Waals surface area contributed by atoms with Gasteiger partial charge in [0.15, 0.2) is 0 Å². The zero-order valence-electron chi connectivity index (χ0n) is 9.93. The van der Waals surface area contributed by atoms with Crippen LogP contribution in [0, 0.1) is 6.92 Å². The molecule has 1 amide bonds. The molecule has 7 heteroatoms. The van der Waals surface area contributed by atoms with Crippen molar-refractivity contribution in [2.24, 2.45) is 0 Å². The molecule has 0 atom stereocenters. The largest absolute Gasteiger partial charge is 0.480 e. The topological polar surface area (TPSA) is 102 Å². The average molecular weight is 254 g/mol. The first-order chi connectivity index (χ1) is 8.55. The number of carbonyl (C=O) groups excluding carboxylic acids is 1. The summed E-state index contributed by atoms with van der Waals surface area (Å²) in [5.74, 6) is -1.17. The van der Waals surface area contributed by atoms with Crippen LogP contribution in [0.4, 0.5) is 0 Å². The summed E-state index contributed by atoms with van der Waals surface area (Å²) in [5, 5.41) is 15.3. The molecule has 98 valence electrons. The number of aliphatic carboxylic acids is 1. The number of carbonyl (C=O) groups is 2. The van der Waals surface area contributed by atoms with E-state index in [0.717, 1.165) is 0 Å². The second-order valence-electron chi connectivity index (χ2n) is 4.25. The molecular formula is C11H14N2O5. The molecule has 0 radical (unpaired) electrons. The molecule has 18 heavy (non-hydrogen) atoms. The van der Waals surface area contributed by atoms with Crippen molar-refractivity contribution in [1.82, 2.24) is 10.5 Å². The van der Waals surface area contributed by atoms with Crippen molar-refractivity contribution in [2.75, 3.05) is 13.2 Å². The van der Waals surface area contributed by atoms with Gasteiger partial charge in [0.1, 0.15) is 16.9 Å². The lowest BCUT2D eigenvalue weighted by Gasteiger charge is -2.33. The van der Waals surface area contributed by atoms with E-state index in [4.69, 9.17) is 9.26 Å². The molecule has 0 bridgehead atoms. The summed E-state index contributed by atoms with van der Waals surface area (Å²) in [4.78, 5) is 23.3. The summed E-state index contributed by atoms with van der Waals surface area (Å²) in [7, 11) is 0. The van der Waals surface area contributed by atoms with Crippen molar-refractivity contribution in [3.8, 4) is 0 Å². The van der Waals surface area contributed by atoms with E-state index in [-0.39, 0.29) is 18.4 Å². The van der Waals surface area contributed by atoms with Gasteiger partial charge >= 0.3 is 5.97 Å². The van der Waals surface area contributed by atoms with Crippen LogP contribution < -0.4 is 5.32 Å². The molecular weight excluding hydrogens is 240 g/mol. The van der Waals surface area contributed by atoms with Crippen LogP contribution in [0.1, 0.15) is 29.0 Å². The molecule has 1 aliphatic heterocycles. The molecule has 2 rings (SSSR count). The molecule has 7 nitrogen and oxygen atoms in total. The number of nitrogens with zero attached hydrogens (tertiary/aromatic N) is 1. The zero-order chi connectivity index (χ0) is 13.2. The minimum atomic E-state index is -1.26. The Morgan fingerprint density at radius 1 is 1.44 bits per heavy atom. The Morgan fingerprint density at radius 2 is 2.11 bits per heavy atom. The van der Waals surface area contributed by atoms with Crippen LogP contribution in [0.25, 0.3) is 0 Å². The monoisotopic (exact) mass is 254 g/mol. The van der Waals surface area contributed by atoms with Gasteiger partial charge in [0.2, 0.25) is 0 Å². The quantitative estimate of drug-likeness (QED) is 0.806. The lowest BCUT2D eigenvalue weighted by atomic mass is 9.90. The Morgan fingerprint density at radius 3 is 2.61 bits per heavy atom. The van der Waals surface area contributed by atoms with E-state index < -0.39 is 17.4 Å². The van der Waals surface area contributed by atoms with Crippen LogP contribution >= 0.6 is 0 Å². The highest BCUT2D eigenvalue weighted by Crippen LogP contribution is 2.22. The van der Waals surface area contributed by atoms with E-state index >= 15 is 0 Å². The number of hydrogen-bond donors (Lipinski definition) is 2. The normalized spacial score (nSPS) is 18.3. The van der Waals surface area contributed by atoms with Crippen molar-refractivity contribution in [1.29, 1.82) is 0 Å². The van der Waals surface area contributed by atoms with Crippen LogP contribution in [0.15, 0.2) is 10.7 Å². The van der Waals surface area contributed by atoms with E-state index in [0.29, 0.717) is 19.0 Å². The molecule has 0 aromatic carbocycles. The number of ether oxygens (including phenoxy) is 1. The van der Waals surface area contributed by atoms with Crippen LogP contribution in [-0.4, -0.2) is 40.9 Å². The molecule has 2 N–H and O–H groups in total. The van der Waals surface area contributed by atoms with Crippen molar-refractivity contribution < 1.29 is 24.0 Å². The summed E-state index contributed by atoms with van der Waals surface area (Å²) in [5.41, 5.74) is -1.01. The first-order valence-electron chi connectivity index (χ1n) is 5.60. The van der Waals surface area contributed by atoms with E-state index in [1.807, 2.05) is 0 Å². The highest BCUT2D eigenvalue weighted by Gasteiger charge is 2.42. The summed E-state index contributed by atoms with van der Waals surface area (Å²) < 4.78 is 9.91. The van der Waals surface area contributed by atoms with Crippen LogP contribution in [-0.2, 0) is 9.53 Å². The van der Waals surface area contributed by atoms with E-state index in [1.165, 1.54) is 6.20 Å². The second kappa shape index (κ2) is 4.77. The van der Waals surface area contributed by atoms with Gasteiger partial charge in [0, 0.05) is 26.1 Å². The first-order valence-corrected chi connectivity index (χ1v) is 5.60. The smallest absolute Gasteiger partial charge is 0.329 e. The second-order valence-corrected chi connectivity index (χ2v) is 4.25. The maximum absolute atomic E-state index is 12.0. The number of hydrogen-bond acceptors (Lipinski definition) is 5. The third kappa shape index (κ3) is 2.21. The highest BCUT2D eigenvalue weighted by molar-refractivity contribution is 5.98. The zero-order valence-corrected chi connectivity index (χ0v) is 9.93. The minimum Gasteiger partial charge on any atom is -0.480 e. The maximum atomic E-state index is 12.0. The molecule has 0 unspecified atom stereocenters. The average Bonchev–Trinajstić information content (AvgIpc) is 2.76. The predicted octanol–water partition coefficient (Wildman–Crippen LogP) is 0.347. The third-order valence-electron chi connectivity index (χ3n) is 3.10. The van der Waals surface area contributed by atoms with Crippen molar-refractivity contribution in [3.63, 3.8) is 0 Å². The van der Waals surface area contributed by atoms with E-state index in [2.05, 4.69) is 10.5 Å². The molecule has 1 saturated heterocycles. The fourth-order valence-corrected chi connectivity index (χ4v) is 1.91. The van der Waals surface area contributed by atoms with E-state index in [1.54, 1.807) is 6.92 Å². The van der Waals surface area contributed by atoms with Gasteiger partial charge in [-0.2, -0.15) is 0 Å². The van der Waals surface area contributed by atoms with Gasteiger partial charge in [-0.3, -0.25) is 4.79 Å². The van der Waals surface area contributed by atoms with Crippen LogP contribution in [0.2, 0.25) is 0 Å². The van der Waals surface area contributed by atoms with E-state index in [9.17, 15) is 14.7 Å². The lowest BCUT2D eigenvalue weighted by molar-refractivity contribution is -0.148. The molecule has 0 aliphatic carbocycles. The molecule has 0 spiro atoms. The Bertz CT molecular complexity index is 462. The Labute approximate surface area is 103 Å². The summed E-state index contributed by atoms with van der Waals surface area (Å²) >= 11 is 0. The lowest BCUT2D eigenvalue weighted by Crippen LogP contribution is -2.57. The number of aromatic nitrogens is 1. The van der Waals surface area contributed by atoms with Gasteiger partial charge in [-0.05, 0) is 6.92 Å². The number of carboxylic acids is 1. The number of nitrogens with one attached hydrogen (secondary N) is 1. The SMILES string of the molecule is Cc1oncc1C(=O)NC1(C(=O)O)CCOCC1.